The molecule has 1 unspecified atom stereocenters. The number of halogens is 3. The van der Waals surface area contributed by atoms with Crippen molar-refractivity contribution in [3.63, 3.8) is 0 Å². The van der Waals surface area contributed by atoms with E-state index in [2.05, 4.69) is 10.6 Å². The number of hydrogen-bond acceptors (Lipinski definition) is 3. The molecule has 7 heteroatoms. The lowest BCUT2D eigenvalue weighted by molar-refractivity contribution is -0.131. The molecule has 0 aliphatic heterocycles. The molecule has 96 valence electrons. The second-order valence-corrected chi connectivity index (χ2v) is 3.51. The molecule has 0 saturated heterocycles. The molecule has 1 atom stereocenters. The molecule has 0 aliphatic carbocycles. The van der Waals surface area contributed by atoms with Crippen LogP contribution < -0.4 is 10.6 Å². The Labute approximate surface area is 96.2 Å². The van der Waals surface area contributed by atoms with Gasteiger partial charge in [-0.15, -0.1) is 0 Å². The molecule has 0 aliphatic rings. The average Bonchev–Trinajstić information content (AvgIpc) is 2.74. The van der Waals surface area contributed by atoms with Crippen molar-refractivity contribution >= 4 is 5.91 Å². The van der Waals surface area contributed by atoms with Gasteiger partial charge in [-0.1, -0.05) is 0 Å². The molecule has 1 aromatic heterocycles. The van der Waals surface area contributed by atoms with E-state index in [0.717, 1.165) is 0 Å². The summed E-state index contributed by atoms with van der Waals surface area (Å²) in [6.07, 6.45) is -2.87. The van der Waals surface area contributed by atoms with Gasteiger partial charge in [0, 0.05) is 0 Å². The zero-order valence-corrected chi connectivity index (χ0v) is 9.17. The summed E-state index contributed by atoms with van der Waals surface area (Å²) in [5, 5.41) is 4.54. The molecule has 0 fully saturated rings. The fraction of sp³-hybridized carbons (Fsp3) is 0.500. The second-order valence-electron chi connectivity index (χ2n) is 3.51. The number of rotatable bonds is 5. The molecule has 4 nitrogen and oxygen atoms in total. The molecule has 1 amide bonds. The normalized spacial score (nSPS) is 13.4. The first kappa shape index (κ1) is 13.6. The lowest BCUT2D eigenvalue weighted by atomic mass is 10.3. The third-order valence-corrected chi connectivity index (χ3v) is 2.02. The van der Waals surface area contributed by atoms with E-state index in [1.54, 1.807) is 12.1 Å². The van der Waals surface area contributed by atoms with Crippen LogP contribution in [0.3, 0.4) is 0 Å². The van der Waals surface area contributed by atoms with Crippen LogP contribution in [0.1, 0.15) is 12.7 Å². The van der Waals surface area contributed by atoms with E-state index in [9.17, 15) is 18.0 Å². The minimum Gasteiger partial charge on any atom is -0.467 e. The van der Waals surface area contributed by atoms with E-state index in [0.29, 0.717) is 5.76 Å². The number of nitrogens with one attached hydrogen (secondary N) is 2. The van der Waals surface area contributed by atoms with Crippen LogP contribution in [0.25, 0.3) is 0 Å². The predicted molar refractivity (Wildman–Crippen MR) is 54.1 cm³/mol. The zero-order chi connectivity index (χ0) is 12.9. The third-order valence-electron chi connectivity index (χ3n) is 2.02. The molecule has 0 saturated carbocycles. The number of furan rings is 1. The van der Waals surface area contributed by atoms with Crippen LogP contribution in [-0.4, -0.2) is 24.7 Å². The Morgan fingerprint density at radius 1 is 1.53 bits per heavy atom. The summed E-state index contributed by atoms with van der Waals surface area (Å²) < 4.78 is 40.6. The minimum absolute atomic E-state index is 0.157. The van der Waals surface area contributed by atoms with Gasteiger partial charge in [-0.05, 0) is 19.1 Å². The highest BCUT2D eigenvalue weighted by Crippen LogP contribution is 2.12. The maximum Gasteiger partial charge on any atom is 0.401 e. The van der Waals surface area contributed by atoms with E-state index in [-0.39, 0.29) is 6.54 Å². The van der Waals surface area contributed by atoms with Gasteiger partial charge in [-0.2, -0.15) is 13.2 Å². The summed E-state index contributed by atoms with van der Waals surface area (Å²) in [5.74, 6) is 0.0343. The first-order valence-corrected chi connectivity index (χ1v) is 4.99. The molecular weight excluding hydrogens is 237 g/mol. The molecule has 17 heavy (non-hydrogen) atoms. The Morgan fingerprint density at radius 3 is 2.76 bits per heavy atom. The van der Waals surface area contributed by atoms with Crippen LogP contribution in [0.2, 0.25) is 0 Å². The summed E-state index contributed by atoms with van der Waals surface area (Å²) in [5.41, 5.74) is 0. The molecule has 1 aromatic rings. The van der Waals surface area contributed by atoms with Crippen molar-refractivity contribution in [3.8, 4) is 0 Å². The second kappa shape index (κ2) is 5.72. The first-order valence-electron chi connectivity index (χ1n) is 4.99. The molecule has 0 spiro atoms. The van der Waals surface area contributed by atoms with Crippen molar-refractivity contribution in [3.05, 3.63) is 24.2 Å². The maximum atomic E-state index is 11.9. The third kappa shape index (κ3) is 5.39. The quantitative estimate of drug-likeness (QED) is 0.831. The first-order chi connectivity index (χ1) is 7.88. The van der Waals surface area contributed by atoms with Gasteiger partial charge in [0.15, 0.2) is 0 Å². The molecular formula is C10H13F3N2O2. The van der Waals surface area contributed by atoms with E-state index < -0.39 is 24.7 Å². The Bertz CT molecular complexity index is 349. The van der Waals surface area contributed by atoms with Crippen molar-refractivity contribution < 1.29 is 22.4 Å². The maximum absolute atomic E-state index is 11.9. The smallest absolute Gasteiger partial charge is 0.401 e. The largest absolute Gasteiger partial charge is 0.467 e. The van der Waals surface area contributed by atoms with Gasteiger partial charge < -0.3 is 9.73 Å². The van der Waals surface area contributed by atoms with Crippen LogP contribution >= 0.6 is 0 Å². The van der Waals surface area contributed by atoms with Crippen molar-refractivity contribution in [2.24, 2.45) is 0 Å². The summed E-state index contributed by atoms with van der Waals surface area (Å²) in [6, 6.07) is 2.41. The number of alkyl halides is 3. The standard InChI is InChI=1S/C10H13F3N2O2/c1-7(15-6-10(11,12)13)9(16)14-5-8-3-2-4-17-8/h2-4,7,15H,5-6H2,1H3,(H,14,16). The minimum atomic E-state index is -4.32. The average molecular weight is 250 g/mol. The van der Waals surface area contributed by atoms with Gasteiger partial charge in [0.2, 0.25) is 5.91 Å². The van der Waals surface area contributed by atoms with Crippen molar-refractivity contribution in [1.29, 1.82) is 0 Å². The van der Waals surface area contributed by atoms with Gasteiger partial charge >= 0.3 is 6.18 Å². The Kier molecular flexibility index (Phi) is 4.56. The highest BCUT2D eigenvalue weighted by Gasteiger charge is 2.28. The van der Waals surface area contributed by atoms with E-state index in [4.69, 9.17) is 4.42 Å². The lowest BCUT2D eigenvalue weighted by Crippen LogP contribution is -2.45. The topological polar surface area (TPSA) is 54.3 Å². The Balaban J connectivity index is 2.27. The fourth-order valence-electron chi connectivity index (χ4n) is 1.10. The van der Waals surface area contributed by atoms with Gasteiger partial charge in [0.1, 0.15) is 5.76 Å². The van der Waals surface area contributed by atoms with Crippen molar-refractivity contribution in [2.45, 2.75) is 25.7 Å². The SMILES string of the molecule is CC(NCC(F)(F)F)C(=O)NCc1ccco1. The molecule has 1 heterocycles. The van der Waals surface area contributed by atoms with Crippen LogP contribution in [-0.2, 0) is 11.3 Å². The number of hydrogen-bond donors (Lipinski definition) is 2. The van der Waals surface area contributed by atoms with E-state index in [1.807, 2.05) is 0 Å². The van der Waals surface area contributed by atoms with E-state index in [1.165, 1.54) is 13.2 Å². The molecule has 0 aromatic carbocycles. The Hall–Kier alpha value is -1.50. The Morgan fingerprint density at radius 2 is 2.24 bits per heavy atom. The molecule has 0 bridgehead atoms. The van der Waals surface area contributed by atoms with Crippen LogP contribution in [0, 0.1) is 0 Å². The zero-order valence-electron chi connectivity index (χ0n) is 9.17. The number of amides is 1. The summed E-state index contributed by atoms with van der Waals surface area (Å²) in [6.45, 7) is 0.329. The molecule has 1 rings (SSSR count). The number of carbonyl (C=O) groups is 1. The fourth-order valence-corrected chi connectivity index (χ4v) is 1.10. The highest BCUT2D eigenvalue weighted by atomic mass is 19.4. The number of carbonyl (C=O) groups excluding carboxylic acids is 1. The van der Waals surface area contributed by atoms with Crippen LogP contribution in [0.4, 0.5) is 13.2 Å². The molecule has 2 N–H and O–H groups in total. The van der Waals surface area contributed by atoms with Gasteiger partial charge in [0.05, 0.1) is 25.4 Å². The highest BCUT2D eigenvalue weighted by molar-refractivity contribution is 5.81. The van der Waals surface area contributed by atoms with Gasteiger partial charge in [-0.3, -0.25) is 10.1 Å². The lowest BCUT2D eigenvalue weighted by Gasteiger charge is -2.14. The van der Waals surface area contributed by atoms with Crippen molar-refractivity contribution in [1.82, 2.24) is 10.6 Å². The molecule has 0 radical (unpaired) electrons. The van der Waals surface area contributed by atoms with Crippen LogP contribution in [0.5, 0.6) is 0 Å². The van der Waals surface area contributed by atoms with Crippen molar-refractivity contribution in [2.75, 3.05) is 6.54 Å². The monoisotopic (exact) mass is 250 g/mol. The summed E-state index contributed by atoms with van der Waals surface area (Å²) in [7, 11) is 0. The predicted octanol–water partition coefficient (Wildman–Crippen LogP) is 1.44. The van der Waals surface area contributed by atoms with Gasteiger partial charge in [0.25, 0.3) is 0 Å². The summed E-state index contributed by atoms with van der Waals surface area (Å²) >= 11 is 0. The van der Waals surface area contributed by atoms with Gasteiger partial charge in [-0.25, -0.2) is 0 Å². The van der Waals surface area contributed by atoms with Crippen LogP contribution in [0.15, 0.2) is 22.8 Å². The van der Waals surface area contributed by atoms with E-state index >= 15 is 0 Å². The summed E-state index contributed by atoms with van der Waals surface area (Å²) in [4.78, 5) is 11.4.